The molecule has 5 aliphatic carbocycles. The number of aliphatic hydroxyl groups is 2. The summed E-state index contributed by atoms with van der Waals surface area (Å²) in [5.41, 5.74) is 1.87. The molecular formula is C29H48O2. The average Bonchev–Trinajstić information content (AvgIpc) is 3.52. The van der Waals surface area contributed by atoms with Crippen molar-refractivity contribution >= 4 is 0 Å². The first kappa shape index (κ1) is 22.5. The molecule has 0 aliphatic heterocycles. The molecule has 0 amide bonds. The van der Waals surface area contributed by atoms with Crippen LogP contribution in [-0.2, 0) is 0 Å². The molecule has 0 heterocycles. The summed E-state index contributed by atoms with van der Waals surface area (Å²) in [5.74, 6) is 4.53. The van der Waals surface area contributed by atoms with Crippen molar-refractivity contribution in [3.8, 4) is 0 Å². The number of fused-ring (bicyclic) bond motifs is 5. The van der Waals surface area contributed by atoms with Crippen LogP contribution in [0.3, 0.4) is 0 Å². The van der Waals surface area contributed by atoms with E-state index in [-0.39, 0.29) is 6.10 Å². The molecule has 0 aromatic carbocycles. The lowest BCUT2D eigenvalue weighted by Crippen LogP contribution is -2.52. The van der Waals surface area contributed by atoms with E-state index in [0.717, 1.165) is 49.4 Å². The first-order valence-corrected chi connectivity index (χ1v) is 13.8. The first-order chi connectivity index (χ1) is 14.7. The van der Waals surface area contributed by atoms with Crippen LogP contribution in [0, 0.1) is 46.3 Å². The summed E-state index contributed by atoms with van der Waals surface area (Å²) in [4.78, 5) is 0. The van der Waals surface area contributed by atoms with Gasteiger partial charge in [0, 0.05) is 0 Å². The number of hydrogen-bond acceptors (Lipinski definition) is 2. The molecule has 0 spiro atoms. The lowest BCUT2D eigenvalue weighted by atomic mass is 9.46. The number of aliphatic hydroxyl groups excluding tert-OH is 1. The van der Waals surface area contributed by atoms with Crippen LogP contribution in [-0.4, -0.2) is 21.9 Å². The van der Waals surface area contributed by atoms with Crippen molar-refractivity contribution < 1.29 is 10.2 Å². The van der Waals surface area contributed by atoms with E-state index in [2.05, 4.69) is 33.8 Å². The number of hydrogen-bond donors (Lipinski definition) is 2. The second-order valence-corrected chi connectivity index (χ2v) is 13.2. The van der Waals surface area contributed by atoms with Gasteiger partial charge in [0.15, 0.2) is 0 Å². The molecular weight excluding hydrogens is 380 g/mol. The third kappa shape index (κ3) is 3.67. The normalized spacial score (nSPS) is 48.9. The Morgan fingerprint density at radius 2 is 1.81 bits per heavy atom. The third-order valence-electron chi connectivity index (χ3n) is 11.8. The highest BCUT2D eigenvalue weighted by Crippen LogP contribution is 2.67. The summed E-state index contributed by atoms with van der Waals surface area (Å²) in [6.45, 7) is 9.67. The monoisotopic (exact) mass is 428 g/mol. The number of rotatable bonds is 6. The quantitative estimate of drug-likeness (QED) is 0.452. The van der Waals surface area contributed by atoms with Gasteiger partial charge in [0.1, 0.15) is 0 Å². The molecule has 2 N–H and O–H groups in total. The van der Waals surface area contributed by atoms with Crippen molar-refractivity contribution in [3.63, 3.8) is 0 Å². The van der Waals surface area contributed by atoms with Gasteiger partial charge in [-0.1, -0.05) is 52.2 Å². The highest BCUT2D eigenvalue weighted by Gasteiger charge is 2.60. The van der Waals surface area contributed by atoms with Crippen molar-refractivity contribution in [3.05, 3.63) is 11.6 Å². The summed E-state index contributed by atoms with van der Waals surface area (Å²) >= 11 is 0. The van der Waals surface area contributed by atoms with Gasteiger partial charge in [0.05, 0.1) is 11.7 Å². The Morgan fingerprint density at radius 1 is 1.03 bits per heavy atom. The Labute approximate surface area is 191 Å². The van der Waals surface area contributed by atoms with Crippen LogP contribution < -0.4 is 0 Å². The van der Waals surface area contributed by atoms with E-state index in [0.29, 0.717) is 22.7 Å². The van der Waals surface area contributed by atoms with Crippen LogP contribution >= 0.6 is 0 Å². The minimum Gasteiger partial charge on any atom is -0.393 e. The van der Waals surface area contributed by atoms with E-state index in [9.17, 15) is 10.2 Å². The molecule has 5 rings (SSSR count). The predicted octanol–water partition coefficient (Wildman–Crippen LogP) is 6.89. The van der Waals surface area contributed by atoms with Crippen LogP contribution in [0.2, 0.25) is 0 Å². The Bertz CT molecular complexity index is 710. The van der Waals surface area contributed by atoms with E-state index >= 15 is 0 Å². The topological polar surface area (TPSA) is 40.5 Å². The molecule has 176 valence electrons. The van der Waals surface area contributed by atoms with E-state index < -0.39 is 5.60 Å². The highest BCUT2D eigenvalue weighted by atomic mass is 16.3. The van der Waals surface area contributed by atoms with Crippen molar-refractivity contribution in [1.82, 2.24) is 0 Å². The largest absolute Gasteiger partial charge is 0.393 e. The average molecular weight is 429 g/mol. The Hall–Kier alpha value is -0.340. The fourth-order valence-electron chi connectivity index (χ4n) is 9.26. The highest BCUT2D eigenvalue weighted by molar-refractivity contribution is 5.27. The predicted molar refractivity (Wildman–Crippen MR) is 128 cm³/mol. The minimum atomic E-state index is -0.453. The molecule has 0 aromatic heterocycles. The van der Waals surface area contributed by atoms with E-state index in [1.54, 1.807) is 5.57 Å². The van der Waals surface area contributed by atoms with Crippen LogP contribution in [0.25, 0.3) is 0 Å². The van der Waals surface area contributed by atoms with Crippen molar-refractivity contribution in [2.24, 2.45) is 46.3 Å². The maximum absolute atomic E-state index is 11.0. The molecule has 31 heavy (non-hydrogen) atoms. The third-order valence-corrected chi connectivity index (χ3v) is 11.8. The van der Waals surface area contributed by atoms with Gasteiger partial charge in [-0.25, -0.2) is 0 Å². The van der Waals surface area contributed by atoms with Crippen LogP contribution in [0.15, 0.2) is 11.6 Å². The summed E-state index contributed by atoms with van der Waals surface area (Å²) in [7, 11) is 0. The molecule has 4 fully saturated rings. The molecule has 0 saturated heterocycles. The lowest BCUT2D eigenvalue weighted by molar-refractivity contribution is -0.0817. The summed E-state index contributed by atoms with van der Waals surface area (Å²) < 4.78 is 0. The summed E-state index contributed by atoms with van der Waals surface area (Å²) in [6, 6.07) is 0. The number of allylic oxidation sites excluding steroid dienone is 1. The van der Waals surface area contributed by atoms with Crippen LogP contribution in [0.1, 0.15) is 111 Å². The maximum Gasteiger partial charge on any atom is 0.0682 e. The minimum absolute atomic E-state index is 0.0978. The second-order valence-electron chi connectivity index (χ2n) is 13.2. The molecule has 5 aliphatic rings. The Morgan fingerprint density at radius 3 is 2.52 bits per heavy atom. The van der Waals surface area contributed by atoms with Gasteiger partial charge in [0.2, 0.25) is 0 Å². The van der Waals surface area contributed by atoms with Gasteiger partial charge in [-0.2, -0.15) is 0 Å². The van der Waals surface area contributed by atoms with E-state index in [4.69, 9.17) is 0 Å². The van der Waals surface area contributed by atoms with Crippen LogP contribution in [0.4, 0.5) is 0 Å². The van der Waals surface area contributed by atoms with Gasteiger partial charge < -0.3 is 10.2 Å². The summed E-state index contributed by atoms with van der Waals surface area (Å²) in [6.07, 6.45) is 18.2. The molecule has 2 nitrogen and oxygen atoms in total. The molecule has 9 atom stereocenters. The standard InChI is InChI=1S/C29H48O2/c1-5-29(31)17-16-27(3)21(18-29)9-10-22-24-12-11-23(28(24,4)15-14-25(22)27)19(2)26(30)13-8-20-6-7-20/h9,19-20,22-26,30-31H,5-8,10-18H2,1-4H3/t19-,22-,23+,24-,25-,26-,27-,28+,29-/m0/s1. The van der Waals surface area contributed by atoms with Crippen molar-refractivity contribution in [1.29, 1.82) is 0 Å². The first-order valence-electron chi connectivity index (χ1n) is 13.8. The smallest absolute Gasteiger partial charge is 0.0682 e. The molecule has 0 bridgehead atoms. The van der Waals surface area contributed by atoms with Crippen LogP contribution in [0.5, 0.6) is 0 Å². The zero-order chi connectivity index (χ0) is 22.0. The lowest BCUT2D eigenvalue weighted by Gasteiger charge is -2.59. The van der Waals surface area contributed by atoms with E-state index in [1.165, 1.54) is 57.8 Å². The molecule has 0 radical (unpaired) electrons. The zero-order valence-electron chi connectivity index (χ0n) is 20.7. The molecule has 4 saturated carbocycles. The Kier molecular flexibility index (Phi) is 5.70. The van der Waals surface area contributed by atoms with Gasteiger partial charge in [0.25, 0.3) is 0 Å². The molecule has 0 aromatic rings. The van der Waals surface area contributed by atoms with Gasteiger partial charge >= 0.3 is 0 Å². The molecule has 2 heteroatoms. The van der Waals surface area contributed by atoms with Gasteiger partial charge in [-0.15, -0.1) is 0 Å². The van der Waals surface area contributed by atoms with E-state index in [1.807, 2.05) is 0 Å². The summed E-state index contributed by atoms with van der Waals surface area (Å²) in [5, 5.41) is 22.0. The molecule has 0 unspecified atom stereocenters. The second kappa shape index (κ2) is 7.86. The maximum atomic E-state index is 11.0. The zero-order valence-corrected chi connectivity index (χ0v) is 20.7. The van der Waals surface area contributed by atoms with Crippen molar-refractivity contribution in [2.45, 2.75) is 123 Å². The Balaban J connectivity index is 1.32. The SMILES string of the molecule is CC[C@]1(O)CC[C@@]2(C)C(=CC[C@H]3[C@@H]4CC[C@H]([C@H](C)[C@@H](O)CCC5CC5)[C@@]4(C)CC[C@@H]32)C1. The van der Waals surface area contributed by atoms with Crippen molar-refractivity contribution in [2.75, 3.05) is 0 Å². The van der Waals surface area contributed by atoms with Gasteiger partial charge in [-0.05, 0) is 117 Å². The van der Waals surface area contributed by atoms with Gasteiger partial charge in [-0.3, -0.25) is 0 Å². The fraction of sp³-hybridized carbons (Fsp3) is 0.931. The fourth-order valence-corrected chi connectivity index (χ4v) is 9.26.